The standard InChI is InChI=1S/C19H20N2O3/c1-13(22)20-17-5-2-6-18-16(17)4-3-11-21(18)12-14-7-9-15(10-8-14)19(23)24/h2,5-10H,3-4,11-12H2,1H3,(H,20,22)(H,23,24). The average Bonchev–Trinajstić information content (AvgIpc) is 2.56. The number of anilines is 2. The molecule has 0 fully saturated rings. The molecule has 2 N–H and O–H groups in total. The van der Waals surface area contributed by atoms with Crippen molar-refractivity contribution in [2.45, 2.75) is 26.3 Å². The molecule has 1 aliphatic heterocycles. The monoisotopic (exact) mass is 324 g/mol. The Morgan fingerprint density at radius 3 is 2.58 bits per heavy atom. The highest BCUT2D eigenvalue weighted by Crippen LogP contribution is 2.33. The van der Waals surface area contributed by atoms with Crippen molar-refractivity contribution < 1.29 is 14.7 Å². The normalized spacial score (nSPS) is 13.3. The van der Waals surface area contributed by atoms with Gasteiger partial charge in [-0.05, 0) is 48.2 Å². The predicted molar refractivity (Wildman–Crippen MR) is 93.5 cm³/mol. The molecular formula is C19H20N2O3. The third-order valence-electron chi connectivity index (χ3n) is 4.23. The molecule has 24 heavy (non-hydrogen) atoms. The van der Waals surface area contributed by atoms with Gasteiger partial charge in [-0.3, -0.25) is 4.79 Å². The lowest BCUT2D eigenvalue weighted by Crippen LogP contribution is -2.29. The molecule has 0 aromatic heterocycles. The van der Waals surface area contributed by atoms with Crippen LogP contribution in [0.2, 0.25) is 0 Å². The summed E-state index contributed by atoms with van der Waals surface area (Å²) in [6.07, 6.45) is 1.97. The van der Waals surface area contributed by atoms with Crippen molar-refractivity contribution in [3.8, 4) is 0 Å². The number of nitrogens with zero attached hydrogens (tertiary/aromatic N) is 1. The van der Waals surface area contributed by atoms with Crippen LogP contribution in [-0.2, 0) is 17.8 Å². The zero-order chi connectivity index (χ0) is 17.1. The van der Waals surface area contributed by atoms with E-state index < -0.39 is 5.97 Å². The van der Waals surface area contributed by atoms with E-state index in [4.69, 9.17) is 5.11 Å². The van der Waals surface area contributed by atoms with Crippen LogP contribution >= 0.6 is 0 Å². The fourth-order valence-electron chi connectivity index (χ4n) is 3.14. The van der Waals surface area contributed by atoms with E-state index >= 15 is 0 Å². The Labute approximate surface area is 140 Å². The minimum absolute atomic E-state index is 0.0650. The van der Waals surface area contributed by atoms with Crippen molar-refractivity contribution in [2.75, 3.05) is 16.8 Å². The maximum absolute atomic E-state index is 11.4. The van der Waals surface area contributed by atoms with E-state index in [1.165, 1.54) is 12.5 Å². The van der Waals surface area contributed by atoms with Crippen LogP contribution in [-0.4, -0.2) is 23.5 Å². The summed E-state index contributed by atoms with van der Waals surface area (Å²) < 4.78 is 0. The molecule has 3 rings (SSSR count). The van der Waals surface area contributed by atoms with Gasteiger partial charge in [-0.15, -0.1) is 0 Å². The third-order valence-corrected chi connectivity index (χ3v) is 4.23. The number of fused-ring (bicyclic) bond motifs is 1. The van der Waals surface area contributed by atoms with Crippen LogP contribution < -0.4 is 10.2 Å². The zero-order valence-electron chi connectivity index (χ0n) is 13.6. The molecular weight excluding hydrogens is 304 g/mol. The van der Waals surface area contributed by atoms with E-state index in [0.717, 1.165) is 42.9 Å². The Kier molecular flexibility index (Phi) is 4.51. The quantitative estimate of drug-likeness (QED) is 0.905. The van der Waals surface area contributed by atoms with Gasteiger partial charge in [0.15, 0.2) is 0 Å². The van der Waals surface area contributed by atoms with Crippen molar-refractivity contribution in [1.29, 1.82) is 0 Å². The Balaban J connectivity index is 1.84. The van der Waals surface area contributed by atoms with Crippen LogP contribution in [0.15, 0.2) is 42.5 Å². The number of nitrogens with one attached hydrogen (secondary N) is 1. The van der Waals surface area contributed by atoms with Gasteiger partial charge >= 0.3 is 5.97 Å². The molecule has 1 aliphatic rings. The lowest BCUT2D eigenvalue weighted by molar-refractivity contribution is -0.114. The zero-order valence-corrected chi connectivity index (χ0v) is 13.6. The van der Waals surface area contributed by atoms with Crippen LogP contribution in [0.4, 0.5) is 11.4 Å². The minimum Gasteiger partial charge on any atom is -0.478 e. The summed E-state index contributed by atoms with van der Waals surface area (Å²) in [7, 11) is 0. The van der Waals surface area contributed by atoms with Gasteiger partial charge < -0.3 is 15.3 Å². The Hall–Kier alpha value is -2.82. The fraction of sp³-hybridized carbons (Fsp3) is 0.263. The number of carbonyl (C=O) groups is 2. The molecule has 0 aliphatic carbocycles. The Bertz CT molecular complexity index is 769. The lowest BCUT2D eigenvalue weighted by atomic mass is 9.98. The molecule has 124 valence electrons. The minimum atomic E-state index is -0.912. The molecule has 5 heteroatoms. The van der Waals surface area contributed by atoms with Gasteiger partial charge in [0.2, 0.25) is 5.91 Å². The second-order valence-corrected chi connectivity index (χ2v) is 6.01. The molecule has 1 heterocycles. The van der Waals surface area contributed by atoms with E-state index in [-0.39, 0.29) is 5.91 Å². The second-order valence-electron chi connectivity index (χ2n) is 6.01. The van der Waals surface area contributed by atoms with Crippen LogP contribution in [0.5, 0.6) is 0 Å². The predicted octanol–water partition coefficient (Wildman–Crippen LogP) is 3.30. The van der Waals surface area contributed by atoms with Crippen molar-refractivity contribution in [1.82, 2.24) is 0 Å². The number of hydrogen-bond donors (Lipinski definition) is 2. The summed E-state index contributed by atoms with van der Waals surface area (Å²) in [4.78, 5) is 24.6. The van der Waals surface area contributed by atoms with Crippen molar-refractivity contribution >= 4 is 23.3 Å². The number of rotatable bonds is 4. The molecule has 0 saturated heterocycles. The van der Waals surface area contributed by atoms with E-state index in [0.29, 0.717) is 5.56 Å². The smallest absolute Gasteiger partial charge is 0.335 e. The molecule has 0 unspecified atom stereocenters. The molecule has 0 bridgehead atoms. The highest BCUT2D eigenvalue weighted by atomic mass is 16.4. The van der Waals surface area contributed by atoms with Gasteiger partial charge in [0.25, 0.3) is 0 Å². The summed E-state index contributed by atoms with van der Waals surface area (Å²) >= 11 is 0. The van der Waals surface area contributed by atoms with Gasteiger partial charge in [0.05, 0.1) is 5.56 Å². The first-order valence-corrected chi connectivity index (χ1v) is 8.01. The molecule has 1 amide bonds. The number of carbonyl (C=O) groups excluding carboxylic acids is 1. The molecule has 2 aromatic carbocycles. The molecule has 0 spiro atoms. The average molecular weight is 324 g/mol. The van der Waals surface area contributed by atoms with E-state index in [9.17, 15) is 9.59 Å². The highest BCUT2D eigenvalue weighted by Gasteiger charge is 2.20. The van der Waals surface area contributed by atoms with Gasteiger partial charge in [0.1, 0.15) is 0 Å². The van der Waals surface area contributed by atoms with Crippen LogP contribution in [0.1, 0.15) is 34.8 Å². The topological polar surface area (TPSA) is 69.6 Å². The lowest BCUT2D eigenvalue weighted by Gasteiger charge is -2.32. The number of amides is 1. The van der Waals surface area contributed by atoms with E-state index in [2.05, 4.69) is 16.3 Å². The number of hydrogen-bond acceptors (Lipinski definition) is 3. The van der Waals surface area contributed by atoms with Gasteiger partial charge in [0, 0.05) is 31.4 Å². The second kappa shape index (κ2) is 6.74. The fourth-order valence-corrected chi connectivity index (χ4v) is 3.14. The summed E-state index contributed by atoms with van der Waals surface area (Å²) in [6.45, 7) is 3.18. The Morgan fingerprint density at radius 1 is 1.17 bits per heavy atom. The van der Waals surface area contributed by atoms with Crippen molar-refractivity contribution in [3.63, 3.8) is 0 Å². The molecule has 5 nitrogen and oxygen atoms in total. The summed E-state index contributed by atoms with van der Waals surface area (Å²) in [5.74, 6) is -0.977. The largest absolute Gasteiger partial charge is 0.478 e. The van der Waals surface area contributed by atoms with Gasteiger partial charge in [-0.25, -0.2) is 4.79 Å². The van der Waals surface area contributed by atoms with Crippen LogP contribution in [0, 0.1) is 0 Å². The van der Waals surface area contributed by atoms with Crippen LogP contribution in [0.25, 0.3) is 0 Å². The van der Waals surface area contributed by atoms with E-state index in [1.54, 1.807) is 12.1 Å². The number of carboxylic acids is 1. The maximum Gasteiger partial charge on any atom is 0.335 e. The highest BCUT2D eigenvalue weighted by molar-refractivity contribution is 5.91. The van der Waals surface area contributed by atoms with E-state index in [1.807, 2.05) is 24.3 Å². The first-order valence-electron chi connectivity index (χ1n) is 8.01. The number of benzene rings is 2. The first kappa shape index (κ1) is 16.1. The summed E-state index contributed by atoms with van der Waals surface area (Å²) in [5.41, 5.74) is 4.55. The molecule has 0 radical (unpaired) electrons. The van der Waals surface area contributed by atoms with Crippen LogP contribution in [0.3, 0.4) is 0 Å². The number of aromatic carboxylic acids is 1. The Morgan fingerprint density at radius 2 is 1.92 bits per heavy atom. The van der Waals surface area contributed by atoms with Gasteiger partial charge in [-0.2, -0.15) is 0 Å². The molecule has 0 saturated carbocycles. The van der Waals surface area contributed by atoms with Crippen molar-refractivity contribution in [3.05, 3.63) is 59.2 Å². The molecule has 2 aromatic rings. The summed E-state index contributed by atoms with van der Waals surface area (Å²) in [6, 6.07) is 12.9. The third kappa shape index (κ3) is 3.40. The first-order chi connectivity index (χ1) is 11.5. The summed E-state index contributed by atoms with van der Waals surface area (Å²) in [5, 5.41) is 11.9. The van der Waals surface area contributed by atoms with Crippen molar-refractivity contribution in [2.24, 2.45) is 0 Å². The number of carboxylic acid groups (broad SMARTS) is 1. The SMILES string of the molecule is CC(=O)Nc1cccc2c1CCCN2Cc1ccc(C(=O)O)cc1. The maximum atomic E-state index is 11.4. The molecule has 0 atom stereocenters. The van der Waals surface area contributed by atoms with Gasteiger partial charge in [-0.1, -0.05) is 18.2 Å².